The van der Waals surface area contributed by atoms with E-state index in [1.165, 1.54) is 0 Å². The van der Waals surface area contributed by atoms with Crippen molar-refractivity contribution in [3.63, 3.8) is 0 Å². The second-order valence-corrected chi connectivity index (χ2v) is 5.94. The first kappa shape index (κ1) is 17.9. The van der Waals surface area contributed by atoms with Crippen molar-refractivity contribution in [3.05, 3.63) is 66.0 Å². The van der Waals surface area contributed by atoms with Crippen LogP contribution in [0.2, 0.25) is 0 Å². The van der Waals surface area contributed by atoms with Crippen LogP contribution >= 0.6 is 0 Å². The van der Waals surface area contributed by atoms with Gasteiger partial charge in [0.1, 0.15) is 12.1 Å². The third-order valence-electron chi connectivity index (χ3n) is 4.25. The molecule has 1 aromatic heterocycles. The molecule has 0 aliphatic rings. The number of rotatable bonds is 6. The Kier molecular flexibility index (Phi) is 6.19. The molecular weight excluding hydrogens is 322 g/mol. The van der Waals surface area contributed by atoms with Crippen molar-refractivity contribution < 1.29 is 4.74 Å². The van der Waals surface area contributed by atoms with Gasteiger partial charge in [-0.1, -0.05) is 42.2 Å². The molecule has 0 saturated carbocycles. The molecule has 0 bridgehead atoms. The second kappa shape index (κ2) is 8.98. The third-order valence-corrected chi connectivity index (χ3v) is 4.25. The molecule has 3 aromatic rings. The number of hydrogen-bond donors (Lipinski definition) is 0. The van der Waals surface area contributed by atoms with Gasteiger partial charge >= 0.3 is 0 Å². The van der Waals surface area contributed by atoms with Crippen LogP contribution in [0.3, 0.4) is 0 Å². The van der Waals surface area contributed by atoms with Gasteiger partial charge in [0.2, 0.25) is 0 Å². The van der Waals surface area contributed by atoms with E-state index in [2.05, 4.69) is 45.8 Å². The lowest BCUT2D eigenvalue weighted by atomic mass is 10.1. The van der Waals surface area contributed by atoms with Crippen molar-refractivity contribution in [2.24, 2.45) is 0 Å². The molecule has 0 N–H and O–H groups in total. The average Bonchev–Trinajstić information content (AvgIpc) is 2.69. The zero-order valence-electron chi connectivity index (χ0n) is 15.3. The molecular formula is C22H23N3O. The van der Waals surface area contributed by atoms with Crippen molar-refractivity contribution in [2.45, 2.75) is 20.0 Å². The molecule has 4 heteroatoms. The highest BCUT2D eigenvalue weighted by atomic mass is 16.5. The SMILES string of the molecule is CCN(CCC#Cc1ccccc1COC)c1ncnc2ccccc12. The van der Waals surface area contributed by atoms with Crippen LogP contribution in [0.15, 0.2) is 54.9 Å². The Hall–Kier alpha value is -2.90. The van der Waals surface area contributed by atoms with Crippen molar-refractivity contribution >= 4 is 16.7 Å². The number of methoxy groups -OCH3 is 1. The van der Waals surface area contributed by atoms with E-state index in [4.69, 9.17) is 4.74 Å². The van der Waals surface area contributed by atoms with E-state index in [0.29, 0.717) is 6.61 Å². The molecule has 26 heavy (non-hydrogen) atoms. The van der Waals surface area contributed by atoms with Gasteiger partial charge in [-0.3, -0.25) is 0 Å². The van der Waals surface area contributed by atoms with Gasteiger partial charge < -0.3 is 9.64 Å². The van der Waals surface area contributed by atoms with E-state index in [1.807, 2.05) is 36.4 Å². The Morgan fingerprint density at radius 1 is 1.04 bits per heavy atom. The molecule has 1 heterocycles. The lowest BCUT2D eigenvalue weighted by Gasteiger charge is -2.22. The first-order chi connectivity index (χ1) is 12.8. The molecule has 0 unspecified atom stereocenters. The summed E-state index contributed by atoms with van der Waals surface area (Å²) in [4.78, 5) is 11.1. The van der Waals surface area contributed by atoms with Crippen LogP contribution in [-0.4, -0.2) is 30.2 Å². The molecule has 0 aliphatic heterocycles. The standard InChI is InChI=1S/C22H23N3O/c1-3-25(22-20-13-6-7-14-21(20)23-17-24-22)15-9-8-11-18-10-4-5-12-19(18)16-26-2/h4-7,10,12-14,17H,3,9,15-16H2,1-2H3. The van der Waals surface area contributed by atoms with Crippen LogP contribution in [-0.2, 0) is 11.3 Å². The molecule has 2 aromatic carbocycles. The average molecular weight is 345 g/mol. The maximum Gasteiger partial charge on any atom is 0.139 e. The smallest absolute Gasteiger partial charge is 0.139 e. The molecule has 0 aliphatic carbocycles. The van der Waals surface area contributed by atoms with Crippen LogP contribution in [0.4, 0.5) is 5.82 Å². The Bertz CT molecular complexity index is 922. The Balaban J connectivity index is 1.73. The fourth-order valence-electron chi connectivity index (χ4n) is 2.93. The van der Waals surface area contributed by atoms with Crippen LogP contribution in [0.1, 0.15) is 24.5 Å². The van der Waals surface area contributed by atoms with Crippen LogP contribution in [0.25, 0.3) is 10.9 Å². The summed E-state index contributed by atoms with van der Waals surface area (Å²) in [7, 11) is 1.70. The predicted molar refractivity (Wildman–Crippen MR) is 106 cm³/mol. The first-order valence-corrected chi connectivity index (χ1v) is 8.84. The van der Waals surface area contributed by atoms with Gasteiger partial charge in [-0.2, -0.15) is 0 Å². The minimum absolute atomic E-state index is 0.582. The van der Waals surface area contributed by atoms with Gasteiger partial charge in [-0.15, -0.1) is 0 Å². The number of para-hydroxylation sites is 1. The van der Waals surface area contributed by atoms with E-state index in [1.54, 1.807) is 13.4 Å². The Morgan fingerprint density at radius 3 is 2.69 bits per heavy atom. The first-order valence-electron chi connectivity index (χ1n) is 8.84. The van der Waals surface area contributed by atoms with Crippen LogP contribution < -0.4 is 4.90 Å². The zero-order chi connectivity index (χ0) is 18.2. The minimum Gasteiger partial charge on any atom is -0.380 e. The quantitative estimate of drug-likeness (QED) is 0.632. The number of nitrogens with zero attached hydrogens (tertiary/aromatic N) is 3. The normalized spacial score (nSPS) is 10.4. The topological polar surface area (TPSA) is 38.2 Å². The fraction of sp³-hybridized carbons (Fsp3) is 0.273. The summed E-state index contributed by atoms with van der Waals surface area (Å²) in [6.07, 6.45) is 2.40. The number of fused-ring (bicyclic) bond motifs is 1. The number of hydrogen-bond acceptors (Lipinski definition) is 4. The van der Waals surface area contributed by atoms with E-state index in [-0.39, 0.29) is 0 Å². The molecule has 0 spiro atoms. The van der Waals surface area contributed by atoms with Crippen molar-refractivity contribution in [2.75, 3.05) is 25.1 Å². The molecule has 4 nitrogen and oxygen atoms in total. The van der Waals surface area contributed by atoms with E-state index < -0.39 is 0 Å². The third kappa shape index (κ3) is 4.19. The van der Waals surface area contributed by atoms with E-state index >= 15 is 0 Å². The highest BCUT2D eigenvalue weighted by Crippen LogP contribution is 2.22. The maximum atomic E-state index is 5.24. The van der Waals surface area contributed by atoms with Crippen LogP contribution in [0.5, 0.6) is 0 Å². The van der Waals surface area contributed by atoms with Crippen molar-refractivity contribution in [1.29, 1.82) is 0 Å². The molecule has 0 radical (unpaired) electrons. The van der Waals surface area contributed by atoms with Crippen molar-refractivity contribution in [1.82, 2.24) is 9.97 Å². The highest BCUT2D eigenvalue weighted by Gasteiger charge is 2.09. The van der Waals surface area contributed by atoms with Gasteiger partial charge in [0.05, 0.1) is 12.1 Å². The summed E-state index contributed by atoms with van der Waals surface area (Å²) in [5, 5.41) is 1.08. The summed E-state index contributed by atoms with van der Waals surface area (Å²) < 4.78 is 5.24. The molecule has 132 valence electrons. The molecule has 0 amide bonds. The minimum atomic E-state index is 0.582. The summed E-state index contributed by atoms with van der Waals surface area (Å²) in [6.45, 7) is 4.43. The lowest BCUT2D eigenvalue weighted by Crippen LogP contribution is -2.25. The Morgan fingerprint density at radius 2 is 1.85 bits per heavy atom. The highest BCUT2D eigenvalue weighted by molar-refractivity contribution is 5.89. The number of aromatic nitrogens is 2. The number of benzene rings is 2. The maximum absolute atomic E-state index is 5.24. The van der Waals surface area contributed by atoms with E-state index in [0.717, 1.165) is 47.4 Å². The second-order valence-electron chi connectivity index (χ2n) is 5.94. The van der Waals surface area contributed by atoms with Gasteiger partial charge in [0.15, 0.2) is 0 Å². The number of anilines is 1. The lowest BCUT2D eigenvalue weighted by molar-refractivity contribution is 0.184. The van der Waals surface area contributed by atoms with Crippen LogP contribution in [0, 0.1) is 11.8 Å². The summed E-state index contributed by atoms with van der Waals surface area (Å²) in [5.74, 6) is 7.54. The molecule has 0 atom stereocenters. The molecule has 3 rings (SSSR count). The number of ether oxygens (including phenoxy) is 1. The Labute approximate surface area is 154 Å². The van der Waals surface area contributed by atoms with Crippen molar-refractivity contribution in [3.8, 4) is 11.8 Å². The van der Waals surface area contributed by atoms with Gasteiger partial charge in [0, 0.05) is 37.6 Å². The van der Waals surface area contributed by atoms with E-state index in [9.17, 15) is 0 Å². The van der Waals surface area contributed by atoms with Gasteiger partial charge in [-0.05, 0) is 30.7 Å². The predicted octanol–water partition coefficient (Wildman–Crippen LogP) is 4.04. The summed E-state index contributed by atoms with van der Waals surface area (Å²) >= 11 is 0. The zero-order valence-corrected chi connectivity index (χ0v) is 15.3. The fourth-order valence-corrected chi connectivity index (χ4v) is 2.93. The monoisotopic (exact) mass is 345 g/mol. The molecule has 0 fully saturated rings. The van der Waals surface area contributed by atoms with Gasteiger partial charge in [0.25, 0.3) is 0 Å². The van der Waals surface area contributed by atoms with Gasteiger partial charge in [-0.25, -0.2) is 9.97 Å². The summed E-state index contributed by atoms with van der Waals surface area (Å²) in [5.41, 5.74) is 3.12. The summed E-state index contributed by atoms with van der Waals surface area (Å²) in [6, 6.07) is 16.2. The molecule has 0 saturated heterocycles. The largest absolute Gasteiger partial charge is 0.380 e.